The average Bonchev–Trinajstić information content (AvgIpc) is 2.76. The molecule has 1 saturated heterocycles. The van der Waals surface area contributed by atoms with Gasteiger partial charge in [-0.25, -0.2) is 14.5 Å². The Hall–Kier alpha value is -2.48. The van der Waals surface area contributed by atoms with Gasteiger partial charge < -0.3 is 9.47 Å². The Morgan fingerprint density at radius 1 is 1.06 bits per heavy atom. The van der Waals surface area contributed by atoms with Crippen molar-refractivity contribution < 1.29 is 28.7 Å². The molecule has 2 aromatic rings. The van der Waals surface area contributed by atoms with Gasteiger partial charge >= 0.3 is 12.0 Å². The molecule has 1 fully saturated rings. The number of benzene rings is 2. The summed E-state index contributed by atoms with van der Waals surface area (Å²) in [6.45, 7) is 3.75. The van der Waals surface area contributed by atoms with Crippen LogP contribution >= 0.6 is 45.2 Å². The monoisotopic (exact) mass is 674 g/mol. The molecular weight excluding hydrogens is 654 g/mol. The molecule has 2 aromatic carbocycles. The van der Waals surface area contributed by atoms with E-state index >= 15 is 0 Å². The molecule has 0 atom stereocenters. The van der Waals surface area contributed by atoms with E-state index in [1.54, 1.807) is 31.2 Å². The van der Waals surface area contributed by atoms with Gasteiger partial charge in [-0.2, -0.15) is 0 Å². The lowest BCUT2D eigenvalue weighted by molar-refractivity contribution is -0.145. The highest BCUT2D eigenvalue weighted by molar-refractivity contribution is 14.1. The molecule has 1 heterocycles. The van der Waals surface area contributed by atoms with Crippen LogP contribution in [0.1, 0.15) is 25.0 Å². The van der Waals surface area contributed by atoms with E-state index in [4.69, 9.17) is 9.47 Å². The molecule has 0 spiro atoms. The molecular formula is C23H20I2N2O6. The van der Waals surface area contributed by atoms with Crippen molar-refractivity contribution in [3.8, 4) is 5.75 Å². The second kappa shape index (κ2) is 11.1. The highest BCUT2D eigenvalue weighted by Crippen LogP contribution is 2.30. The highest BCUT2D eigenvalue weighted by atomic mass is 127. The number of halogens is 2. The van der Waals surface area contributed by atoms with Gasteiger partial charge in [0.2, 0.25) is 0 Å². The minimum Gasteiger partial charge on any atom is -0.480 e. The maximum Gasteiger partial charge on any atom is 0.344 e. The Bertz CT molecular complexity index is 1120. The predicted molar refractivity (Wildman–Crippen MR) is 139 cm³/mol. The average molecular weight is 674 g/mol. The zero-order valence-corrected chi connectivity index (χ0v) is 22.1. The van der Waals surface area contributed by atoms with Crippen LogP contribution in [0.5, 0.6) is 5.75 Å². The molecule has 0 aliphatic carbocycles. The number of ether oxygens (including phenoxy) is 2. The van der Waals surface area contributed by atoms with Crippen LogP contribution < -0.4 is 15.0 Å². The smallest absolute Gasteiger partial charge is 0.344 e. The van der Waals surface area contributed by atoms with E-state index in [0.29, 0.717) is 24.1 Å². The zero-order chi connectivity index (χ0) is 24.1. The van der Waals surface area contributed by atoms with Crippen molar-refractivity contribution in [3.63, 3.8) is 0 Å². The number of barbiturate groups is 1. The first-order chi connectivity index (χ1) is 15.7. The van der Waals surface area contributed by atoms with Crippen LogP contribution in [0.3, 0.4) is 0 Å². The summed E-state index contributed by atoms with van der Waals surface area (Å²) >= 11 is 4.09. The number of imide groups is 2. The summed E-state index contributed by atoms with van der Waals surface area (Å²) in [5, 5.41) is 2.22. The van der Waals surface area contributed by atoms with Gasteiger partial charge in [-0.1, -0.05) is 19.1 Å². The minimum absolute atomic E-state index is 0.166. The minimum atomic E-state index is -0.793. The van der Waals surface area contributed by atoms with Crippen molar-refractivity contribution in [3.05, 3.63) is 60.2 Å². The van der Waals surface area contributed by atoms with E-state index in [1.807, 2.05) is 64.2 Å². The lowest BCUT2D eigenvalue weighted by atomic mass is 10.1. The molecule has 3 rings (SSSR count). The van der Waals surface area contributed by atoms with Crippen molar-refractivity contribution in [1.82, 2.24) is 5.32 Å². The fourth-order valence-electron chi connectivity index (χ4n) is 3.07. The lowest BCUT2D eigenvalue weighted by Crippen LogP contribution is -2.54. The van der Waals surface area contributed by atoms with E-state index in [2.05, 4.69) is 5.32 Å². The molecule has 4 amide bonds. The van der Waals surface area contributed by atoms with Crippen LogP contribution in [-0.2, 0) is 25.5 Å². The summed E-state index contributed by atoms with van der Waals surface area (Å²) in [7, 11) is 0. The van der Waals surface area contributed by atoms with E-state index in [-0.39, 0.29) is 18.8 Å². The Labute approximate surface area is 218 Å². The number of esters is 1. The van der Waals surface area contributed by atoms with Gasteiger partial charge in [-0.15, -0.1) is 0 Å². The number of carbonyl (C=O) groups is 4. The number of rotatable bonds is 7. The Morgan fingerprint density at radius 3 is 2.27 bits per heavy atom. The SMILES string of the molecule is CCOC(=O)COc1c(I)cc(/C=C2/C(=O)NC(=O)N(c3ccc(CC)cc3)C2=O)cc1I. The summed E-state index contributed by atoms with van der Waals surface area (Å²) in [5.74, 6) is -1.45. The first-order valence-corrected chi connectivity index (χ1v) is 12.2. The molecule has 172 valence electrons. The second-order valence-electron chi connectivity index (χ2n) is 6.89. The number of amides is 4. The fourth-order valence-corrected chi connectivity index (χ4v) is 5.20. The van der Waals surface area contributed by atoms with Crippen LogP contribution in [0.4, 0.5) is 10.5 Å². The molecule has 0 bridgehead atoms. The summed E-state index contributed by atoms with van der Waals surface area (Å²) in [4.78, 5) is 50.4. The summed E-state index contributed by atoms with van der Waals surface area (Å²) in [6, 6.07) is 9.64. The van der Waals surface area contributed by atoms with Crippen LogP contribution in [0.15, 0.2) is 42.0 Å². The van der Waals surface area contributed by atoms with Gasteiger partial charge in [-0.05, 0) is 100.0 Å². The fraction of sp³-hybridized carbons (Fsp3) is 0.217. The molecule has 1 aliphatic rings. The van der Waals surface area contributed by atoms with E-state index in [0.717, 1.165) is 16.9 Å². The third kappa shape index (κ3) is 5.91. The lowest BCUT2D eigenvalue weighted by Gasteiger charge is -2.26. The number of nitrogens with zero attached hydrogens (tertiary/aromatic N) is 1. The van der Waals surface area contributed by atoms with Crippen LogP contribution in [0.25, 0.3) is 6.08 Å². The summed E-state index contributed by atoms with van der Waals surface area (Å²) in [6.07, 6.45) is 2.25. The molecule has 0 aromatic heterocycles. The van der Waals surface area contributed by atoms with Gasteiger partial charge in [0.05, 0.1) is 19.4 Å². The van der Waals surface area contributed by atoms with E-state index in [1.165, 1.54) is 6.08 Å². The Balaban J connectivity index is 1.89. The van der Waals surface area contributed by atoms with Crippen molar-refractivity contribution in [2.75, 3.05) is 18.1 Å². The van der Waals surface area contributed by atoms with Crippen LogP contribution in [0.2, 0.25) is 0 Å². The maximum atomic E-state index is 13.1. The van der Waals surface area contributed by atoms with Gasteiger partial charge in [0, 0.05) is 0 Å². The molecule has 1 N–H and O–H groups in total. The van der Waals surface area contributed by atoms with Gasteiger partial charge in [0.25, 0.3) is 11.8 Å². The molecule has 33 heavy (non-hydrogen) atoms. The zero-order valence-electron chi connectivity index (χ0n) is 17.8. The first kappa shape index (κ1) is 25.1. The second-order valence-corrected chi connectivity index (χ2v) is 9.21. The maximum absolute atomic E-state index is 13.1. The van der Waals surface area contributed by atoms with Crippen LogP contribution in [-0.4, -0.2) is 37.0 Å². The topological polar surface area (TPSA) is 102 Å². The molecule has 8 nitrogen and oxygen atoms in total. The highest BCUT2D eigenvalue weighted by Gasteiger charge is 2.36. The number of hydrogen-bond donors (Lipinski definition) is 1. The number of hydrogen-bond acceptors (Lipinski definition) is 6. The Morgan fingerprint density at radius 2 is 1.70 bits per heavy atom. The van der Waals surface area contributed by atoms with Crippen LogP contribution in [0, 0.1) is 7.14 Å². The third-order valence-electron chi connectivity index (χ3n) is 4.68. The third-order valence-corrected chi connectivity index (χ3v) is 6.28. The Kier molecular flexibility index (Phi) is 8.46. The number of carbonyl (C=O) groups excluding carboxylic acids is 4. The number of anilines is 1. The molecule has 10 heteroatoms. The van der Waals surface area contributed by atoms with E-state index < -0.39 is 23.8 Å². The van der Waals surface area contributed by atoms with Gasteiger partial charge in [0.1, 0.15) is 11.3 Å². The van der Waals surface area contributed by atoms with Crippen molar-refractivity contribution in [1.29, 1.82) is 0 Å². The predicted octanol–water partition coefficient (Wildman–Crippen LogP) is 4.07. The number of nitrogens with one attached hydrogen (secondary N) is 1. The molecule has 0 unspecified atom stereocenters. The normalized spacial score (nSPS) is 15.0. The number of aryl methyl sites for hydroxylation is 1. The van der Waals surface area contributed by atoms with Crippen molar-refractivity contribution in [2.24, 2.45) is 0 Å². The standard InChI is InChI=1S/C23H20I2N2O6/c1-3-13-5-7-15(8-6-13)27-22(30)16(21(29)26-23(27)31)9-14-10-17(24)20(18(25)11-14)33-12-19(28)32-4-2/h5-11H,3-4,12H2,1-2H3,(H,26,29,31)/b16-9-. The first-order valence-electron chi connectivity index (χ1n) is 10.0. The van der Waals surface area contributed by atoms with Crippen molar-refractivity contribution in [2.45, 2.75) is 20.3 Å². The van der Waals surface area contributed by atoms with E-state index in [9.17, 15) is 19.2 Å². The molecule has 0 radical (unpaired) electrons. The summed E-state index contributed by atoms with van der Waals surface area (Å²) < 4.78 is 11.8. The summed E-state index contributed by atoms with van der Waals surface area (Å²) in [5.41, 5.74) is 1.84. The van der Waals surface area contributed by atoms with Gasteiger partial charge in [-0.3, -0.25) is 14.9 Å². The number of urea groups is 1. The molecule has 0 saturated carbocycles. The largest absolute Gasteiger partial charge is 0.480 e. The van der Waals surface area contributed by atoms with Gasteiger partial charge in [0.15, 0.2) is 6.61 Å². The molecule has 1 aliphatic heterocycles. The quantitative estimate of drug-likeness (QED) is 0.206. The van der Waals surface area contributed by atoms with Crippen molar-refractivity contribution >= 4 is 80.8 Å².